The molecular formula is C19H24F3IN4O2. The first-order chi connectivity index (χ1) is 13.3. The smallest absolute Gasteiger partial charge is 0.422 e. The number of guanidine groups is 1. The maximum Gasteiger partial charge on any atom is 0.422 e. The van der Waals surface area contributed by atoms with E-state index in [0.29, 0.717) is 18.1 Å². The van der Waals surface area contributed by atoms with Crippen molar-refractivity contribution in [2.75, 3.05) is 20.8 Å². The summed E-state index contributed by atoms with van der Waals surface area (Å²) in [7, 11) is 3.21. The van der Waals surface area contributed by atoms with Gasteiger partial charge in [-0.25, -0.2) is 4.98 Å². The van der Waals surface area contributed by atoms with Gasteiger partial charge in [-0.05, 0) is 24.6 Å². The van der Waals surface area contributed by atoms with E-state index in [2.05, 4.69) is 20.6 Å². The third kappa shape index (κ3) is 8.34. The van der Waals surface area contributed by atoms with Crippen molar-refractivity contribution in [2.24, 2.45) is 4.99 Å². The minimum absolute atomic E-state index is 0. The van der Waals surface area contributed by atoms with Crippen LogP contribution in [0.2, 0.25) is 0 Å². The van der Waals surface area contributed by atoms with Crippen LogP contribution >= 0.6 is 24.0 Å². The van der Waals surface area contributed by atoms with E-state index in [-0.39, 0.29) is 36.4 Å². The van der Waals surface area contributed by atoms with E-state index in [1.807, 2.05) is 25.1 Å². The Bertz CT molecular complexity index is 816. The lowest BCUT2D eigenvalue weighted by atomic mass is 10.1. The number of aryl methyl sites for hydroxylation is 1. The Balaban J connectivity index is 0.00000420. The van der Waals surface area contributed by atoms with Crippen molar-refractivity contribution in [1.82, 2.24) is 15.6 Å². The molecule has 0 saturated carbocycles. The van der Waals surface area contributed by atoms with Crippen LogP contribution in [0.4, 0.5) is 13.2 Å². The Morgan fingerprint density at radius 2 is 1.83 bits per heavy atom. The Hall–Kier alpha value is -2.24. The van der Waals surface area contributed by atoms with E-state index in [9.17, 15) is 13.2 Å². The van der Waals surface area contributed by atoms with E-state index < -0.39 is 12.8 Å². The van der Waals surface area contributed by atoms with Gasteiger partial charge in [0, 0.05) is 37.5 Å². The van der Waals surface area contributed by atoms with Gasteiger partial charge in [-0.2, -0.15) is 13.2 Å². The summed E-state index contributed by atoms with van der Waals surface area (Å²) in [5, 5.41) is 6.18. The molecule has 1 aromatic heterocycles. The van der Waals surface area contributed by atoms with Crippen molar-refractivity contribution < 1.29 is 22.6 Å². The second-order valence-corrected chi connectivity index (χ2v) is 5.97. The molecule has 0 atom stereocenters. The molecule has 6 nitrogen and oxygen atoms in total. The number of nitrogens with one attached hydrogen (secondary N) is 2. The lowest BCUT2D eigenvalue weighted by Gasteiger charge is -2.16. The Kier molecular flexibility index (Phi) is 9.99. The van der Waals surface area contributed by atoms with Gasteiger partial charge in [0.25, 0.3) is 0 Å². The predicted octanol–water partition coefficient (Wildman–Crippen LogP) is 3.82. The van der Waals surface area contributed by atoms with Gasteiger partial charge < -0.3 is 20.1 Å². The second-order valence-electron chi connectivity index (χ2n) is 5.97. The second kappa shape index (κ2) is 11.7. The van der Waals surface area contributed by atoms with Crippen LogP contribution in [0.1, 0.15) is 16.7 Å². The first-order valence-corrected chi connectivity index (χ1v) is 8.54. The first kappa shape index (κ1) is 24.8. The van der Waals surface area contributed by atoms with Gasteiger partial charge in [0.1, 0.15) is 5.75 Å². The van der Waals surface area contributed by atoms with Crippen molar-refractivity contribution in [1.29, 1.82) is 0 Å². The molecule has 2 aromatic rings. The molecular weight excluding hydrogens is 500 g/mol. The fourth-order valence-electron chi connectivity index (χ4n) is 2.42. The number of hydrogen-bond acceptors (Lipinski definition) is 4. The molecule has 0 radical (unpaired) electrons. The van der Waals surface area contributed by atoms with Crippen molar-refractivity contribution in [3.8, 4) is 11.6 Å². The number of methoxy groups -OCH3 is 1. The summed E-state index contributed by atoms with van der Waals surface area (Å²) in [5.74, 6) is 1.18. The zero-order chi connectivity index (χ0) is 20.6. The van der Waals surface area contributed by atoms with E-state index in [0.717, 1.165) is 16.9 Å². The molecule has 2 rings (SSSR count). The van der Waals surface area contributed by atoms with E-state index in [1.54, 1.807) is 26.3 Å². The number of pyridine rings is 1. The Labute approximate surface area is 184 Å². The summed E-state index contributed by atoms with van der Waals surface area (Å²) in [6.07, 6.45) is -3.04. The average molecular weight is 524 g/mol. The van der Waals surface area contributed by atoms with E-state index in [1.165, 1.54) is 6.20 Å². The van der Waals surface area contributed by atoms with Crippen LogP contribution in [0, 0.1) is 6.92 Å². The summed E-state index contributed by atoms with van der Waals surface area (Å²) in [6.45, 7) is 1.25. The van der Waals surface area contributed by atoms with Crippen LogP contribution in [0.25, 0.3) is 0 Å². The molecule has 0 amide bonds. The average Bonchev–Trinajstić information content (AvgIpc) is 2.67. The summed E-state index contributed by atoms with van der Waals surface area (Å²) in [4.78, 5) is 7.99. The molecule has 0 spiro atoms. The summed E-state index contributed by atoms with van der Waals surface area (Å²) >= 11 is 0. The molecule has 0 fully saturated rings. The number of ether oxygens (including phenoxy) is 2. The molecule has 0 aliphatic heterocycles. The highest BCUT2D eigenvalue weighted by atomic mass is 127. The van der Waals surface area contributed by atoms with Gasteiger partial charge in [-0.3, -0.25) is 4.99 Å². The summed E-state index contributed by atoms with van der Waals surface area (Å²) in [6, 6.07) is 9.15. The highest BCUT2D eigenvalue weighted by Crippen LogP contribution is 2.21. The lowest BCUT2D eigenvalue weighted by Crippen LogP contribution is -2.36. The van der Waals surface area contributed by atoms with E-state index in [4.69, 9.17) is 9.47 Å². The van der Waals surface area contributed by atoms with Crippen LogP contribution < -0.4 is 20.1 Å². The maximum atomic E-state index is 12.4. The standard InChI is InChI=1S/C19H23F3N4O2.HI/c1-13-6-7-14(16(9-13)27-3)10-25-18(23-2)26-11-15-5-4-8-24-17(15)28-12-19(20,21)22;/h4-9H,10-12H2,1-3H3,(H2,23,25,26);1H. The van der Waals surface area contributed by atoms with Crippen LogP contribution in [-0.2, 0) is 13.1 Å². The van der Waals surface area contributed by atoms with Gasteiger partial charge in [0.05, 0.1) is 7.11 Å². The zero-order valence-electron chi connectivity index (χ0n) is 16.3. The quantitative estimate of drug-likeness (QED) is 0.328. The molecule has 0 aliphatic carbocycles. The number of rotatable bonds is 7. The fraction of sp³-hybridized carbons (Fsp3) is 0.368. The van der Waals surface area contributed by atoms with Crippen molar-refractivity contribution in [2.45, 2.75) is 26.2 Å². The summed E-state index contributed by atoms with van der Waals surface area (Å²) in [5.41, 5.74) is 2.53. The topological polar surface area (TPSA) is 67.8 Å². The normalized spacial score (nSPS) is 11.4. The minimum Gasteiger partial charge on any atom is -0.496 e. The summed E-state index contributed by atoms with van der Waals surface area (Å²) < 4.78 is 47.3. The minimum atomic E-state index is -4.42. The SMILES string of the molecule is CN=C(NCc1ccc(C)cc1OC)NCc1cccnc1OCC(F)(F)F.I. The van der Waals surface area contributed by atoms with Gasteiger partial charge in [0.15, 0.2) is 12.6 Å². The Morgan fingerprint density at radius 3 is 2.45 bits per heavy atom. The number of nitrogens with zero attached hydrogens (tertiary/aromatic N) is 2. The van der Waals surface area contributed by atoms with Crippen molar-refractivity contribution >= 4 is 29.9 Å². The number of aromatic nitrogens is 1. The van der Waals surface area contributed by atoms with Gasteiger partial charge >= 0.3 is 6.18 Å². The van der Waals surface area contributed by atoms with Crippen LogP contribution in [-0.4, -0.2) is 37.9 Å². The predicted molar refractivity (Wildman–Crippen MR) is 116 cm³/mol. The monoisotopic (exact) mass is 524 g/mol. The van der Waals surface area contributed by atoms with E-state index >= 15 is 0 Å². The molecule has 2 N–H and O–H groups in total. The molecule has 10 heteroatoms. The highest BCUT2D eigenvalue weighted by Gasteiger charge is 2.29. The number of benzene rings is 1. The highest BCUT2D eigenvalue weighted by molar-refractivity contribution is 14.0. The molecule has 0 aliphatic rings. The molecule has 160 valence electrons. The molecule has 1 heterocycles. The number of aliphatic imine (C=N–C) groups is 1. The molecule has 0 unspecified atom stereocenters. The number of halogens is 4. The van der Waals surface area contributed by atoms with Crippen molar-refractivity contribution in [3.63, 3.8) is 0 Å². The zero-order valence-corrected chi connectivity index (χ0v) is 18.7. The Morgan fingerprint density at radius 1 is 1.14 bits per heavy atom. The largest absolute Gasteiger partial charge is 0.496 e. The third-order valence-corrected chi connectivity index (χ3v) is 3.78. The number of hydrogen-bond donors (Lipinski definition) is 2. The first-order valence-electron chi connectivity index (χ1n) is 8.54. The fourth-order valence-corrected chi connectivity index (χ4v) is 2.42. The van der Waals surface area contributed by atoms with Gasteiger partial charge in [0.2, 0.25) is 5.88 Å². The van der Waals surface area contributed by atoms with Gasteiger partial charge in [-0.15, -0.1) is 24.0 Å². The van der Waals surface area contributed by atoms with Crippen LogP contribution in [0.5, 0.6) is 11.6 Å². The van der Waals surface area contributed by atoms with Gasteiger partial charge in [-0.1, -0.05) is 18.2 Å². The van der Waals surface area contributed by atoms with Crippen molar-refractivity contribution in [3.05, 3.63) is 53.2 Å². The van der Waals surface area contributed by atoms with Crippen LogP contribution in [0.15, 0.2) is 41.5 Å². The molecule has 0 bridgehead atoms. The molecule has 0 saturated heterocycles. The number of alkyl halides is 3. The molecule has 1 aromatic carbocycles. The third-order valence-electron chi connectivity index (χ3n) is 3.78. The molecule has 29 heavy (non-hydrogen) atoms. The van der Waals surface area contributed by atoms with Crippen LogP contribution in [0.3, 0.4) is 0 Å². The lowest BCUT2D eigenvalue weighted by molar-refractivity contribution is -0.154. The maximum absolute atomic E-state index is 12.4.